The van der Waals surface area contributed by atoms with Crippen LogP contribution in [0.5, 0.6) is 0 Å². The van der Waals surface area contributed by atoms with Gasteiger partial charge in [-0.15, -0.1) is 11.8 Å². The summed E-state index contributed by atoms with van der Waals surface area (Å²) in [5.74, 6) is -0.408. The van der Waals surface area contributed by atoms with Crippen LogP contribution in [0.2, 0.25) is 0 Å². The Morgan fingerprint density at radius 2 is 1.74 bits per heavy atom. The van der Waals surface area contributed by atoms with Crippen LogP contribution < -0.4 is 5.11 Å². The molecule has 0 aliphatic heterocycles. The fourth-order valence-corrected chi connectivity index (χ4v) is 2.50. The third kappa shape index (κ3) is 4.00. The maximum absolute atomic E-state index is 10.9. The Morgan fingerprint density at radius 1 is 1.05 bits per heavy atom. The summed E-state index contributed by atoms with van der Waals surface area (Å²) in [6.45, 7) is 0. The Balaban J connectivity index is 1.96. The smallest absolute Gasteiger partial charge is 0.0726 e. The number of carbonyl (C=O) groups is 1. The molecule has 2 aromatic rings. The largest absolute Gasteiger partial charge is 0.545 e. The number of rotatable bonds is 5. The first-order valence-corrected chi connectivity index (χ1v) is 6.90. The van der Waals surface area contributed by atoms with Gasteiger partial charge in [-0.2, -0.15) is 0 Å². The van der Waals surface area contributed by atoms with Crippen LogP contribution in [0.3, 0.4) is 0 Å². The van der Waals surface area contributed by atoms with E-state index in [2.05, 4.69) is 0 Å². The van der Waals surface area contributed by atoms with Crippen LogP contribution in [0.4, 0.5) is 0 Å². The van der Waals surface area contributed by atoms with E-state index < -0.39 is 5.97 Å². The second kappa shape index (κ2) is 6.81. The van der Waals surface area contributed by atoms with E-state index in [4.69, 9.17) is 0 Å². The lowest BCUT2D eigenvalue weighted by Crippen LogP contribution is -2.22. The van der Waals surface area contributed by atoms with E-state index in [0.717, 1.165) is 16.2 Å². The molecular formula is C16H13O2S-. The third-order valence-electron chi connectivity index (χ3n) is 2.55. The van der Waals surface area contributed by atoms with Crippen molar-refractivity contribution in [3.8, 4) is 0 Å². The van der Waals surface area contributed by atoms with Gasteiger partial charge in [0, 0.05) is 16.2 Å². The molecular weight excluding hydrogens is 256 g/mol. The second-order valence-electron chi connectivity index (χ2n) is 3.91. The molecule has 0 heterocycles. The minimum absolute atomic E-state index is 0.251. The molecule has 3 heteroatoms. The van der Waals surface area contributed by atoms with Crippen molar-refractivity contribution in [3.05, 3.63) is 71.8 Å². The van der Waals surface area contributed by atoms with Crippen molar-refractivity contribution >= 4 is 23.8 Å². The van der Waals surface area contributed by atoms with Crippen LogP contribution in [0.15, 0.2) is 65.6 Å². The average Bonchev–Trinajstić information content (AvgIpc) is 2.45. The van der Waals surface area contributed by atoms with E-state index in [1.807, 2.05) is 48.6 Å². The highest BCUT2D eigenvalue weighted by Crippen LogP contribution is 2.22. The molecule has 0 bridgehead atoms. The van der Waals surface area contributed by atoms with Gasteiger partial charge in [-0.3, -0.25) is 0 Å². The molecule has 0 unspecified atom stereocenters. The molecule has 0 N–H and O–H groups in total. The normalized spacial score (nSPS) is 10.7. The number of hydrogen-bond donors (Lipinski definition) is 0. The number of carboxylic acids is 1. The Hall–Kier alpha value is -2.00. The van der Waals surface area contributed by atoms with Crippen molar-refractivity contribution in [1.82, 2.24) is 0 Å². The predicted octanol–water partition coefficient (Wildman–Crippen LogP) is 2.86. The molecule has 0 atom stereocenters. The molecule has 2 nitrogen and oxygen atoms in total. The van der Waals surface area contributed by atoms with Crippen LogP contribution in [-0.4, -0.2) is 11.7 Å². The molecule has 0 saturated carbocycles. The number of hydrogen-bond acceptors (Lipinski definition) is 3. The van der Waals surface area contributed by atoms with Gasteiger partial charge in [0.15, 0.2) is 0 Å². The van der Waals surface area contributed by atoms with Crippen LogP contribution in [0.25, 0.3) is 6.08 Å². The zero-order valence-corrected chi connectivity index (χ0v) is 11.1. The SMILES string of the molecule is O=C([O-])c1ccccc1SC/C=C/c1ccccc1. The lowest BCUT2D eigenvalue weighted by molar-refractivity contribution is -0.255. The lowest BCUT2D eigenvalue weighted by atomic mass is 10.2. The highest BCUT2D eigenvalue weighted by Gasteiger charge is 2.01. The van der Waals surface area contributed by atoms with Gasteiger partial charge in [0.05, 0.1) is 5.97 Å². The first-order chi connectivity index (χ1) is 9.27. The molecule has 0 spiro atoms. The lowest BCUT2D eigenvalue weighted by Gasteiger charge is -2.08. The Bertz CT molecular complexity index is 576. The molecule has 0 radical (unpaired) electrons. The average molecular weight is 269 g/mol. The molecule has 2 rings (SSSR count). The van der Waals surface area contributed by atoms with Gasteiger partial charge in [-0.1, -0.05) is 60.7 Å². The van der Waals surface area contributed by atoms with Crippen molar-refractivity contribution < 1.29 is 9.90 Å². The van der Waals surface area contributed by atoms with E-state index in [9.17, 15) is 9.90 Å². The fraction of sp³-hybridized carbons (Fsp3) is 0.0625. The van der Waals surface area contributed by atoms with Crippen molar-refractivity contribution in [2.24, 2.45) is 0 Å². The van der Waals surface area contributed by atoms with Gasteiger partial charge in [0.2, 0.25) is 0 Å². The van der Waals surface area contributed by atoms with Gasteiger partial charge >= 0.3 is 0 Å². The van der Waals surface area contributed by atoms with Crippen molar-refractivity contribution in [3.63, 3.8) is 0 Å². The summed E-state index contributed by atoms with van der Waals surface area (Å²) in [6, 6.07) is 16.9. The van der Waals surface area contributed by atoms with Crippen LogP contribution in [-0.2, 0) is 0 Å². The maximum Gasteiger partial charge on any atom is 0.0726 e. The fourth-order valence-electron chi connectivity index (χ4n) is 1.65. The molecule has 96 valence electrons. The van der Waals surface area contributed by atoms with Gasteiger partial charge < -0.3 is 9.90 Å². The van der Waals surface area contributed by atoms with E-state index in [1.165, 1.54) is 11.8 Å². The van der Waals surface area contributed by atoms with E-state index in [-0.39, 0.29) is 5.56 Å². The summed E-state index contributed by atoms with van der Waals surface area (Å²) in [5.41, 5.74) is 1.39. The zero-order chi connectivity index (χ0) is 13.5. The summed E-state index contributed by atoms with van der Waals surface area (Å²) < 4.78 is 0. The Morgan fingerprint density at radius 3 is 2.47 bits per heavy atom. The van der Waals surface area contributed by atoms with Crippen molar-refractivity contribution in [2.75, 3.05) is 5.75 Å². The summed E-state index contributed by atoms with van der Waals surface area (Å²) in [7, 11) is 0. The molecule has 0 aliphatic carbocycles. The summed E-state index contributed by atoms with van der Waals surface area (Å²) >= 11 is 1.49. The minimum atomic E-state index is -1.13. The molecule has 2 aromatic carbocycles. The standard InChI is InChI=1S/C16H14O2S/c17-16(18)14-10-4-5-11-15(14)19-12-6-9-13-7-2-1-3-8-13/h1-11H,12H2,(H,17,18)/p-1/b9-6+. The summed E-state index contributed by atoms with van der Waals surface area (Å²) in [5, 5.41) is 10.9. The molecule has 0 saturated heterocycles. The monoisotopic (exact) mass is 269 g/mol. The third-order valence-corrected chi connectivity index (χ3v) is 3.58. The molecule has 0 aliphatic rings. The molecule has 0 aromatic heterocycles. The summed E-state index contributed by atoms with van der Waals surface area (Å²) in [4.78, 5) is 11.7. The van der Waals surface area contributed by atoms with Gasteiger partial charge in [-0.25, -0.2) is 0 Å². The predicted molar refractivity (Wildman–Crippen MR) is 77.0 cm³/mol. The van der Waals surface area contributed by atoms with E-state index in [0.29, 0.717) is 0 Å². The van der Waals surface area contributed by atoms with Gasteiger partial charge in [0.1, 0.15) is 0 Å². The van der Waals surface area contributed by atoms with Crippen LogP contribution >= 0.6 is 11.8 Å². The van der Waals surface area contributed by atoms with Crippen molar-refractivity contribution in [2.45, 2.75) is 4.90 Å². The first-order valence-electron chi connectivity index (χ1n) is 5.92. The highest BCUT2D eigenvalue weighted by atomic mass is 32.2. The zero-order valence-electron chi connectivity index (χ0n) is 10.3. The van der Waals surface area contributed by atoms with E-state index >= 15 is 0 Å². The number of thioether (sulfide) groups is 1. The van der Waals surface area contributed by atoms with Crippen molar-refractivity contribution in [1.29, 1.82) is 0 Å². The Kier molecular flexibility index (Phi) is 4.81. The quantitative estimate of drug-likeness (QED) is 0.784. The maximum atomic E-state index is 10.9. The number of carboxylic acid groups (broad SMARTS) is 1. The Labute approximate surface area is 116 Å². The highest BCUT2D eigenvalue weighted by molar-refractivity contribution is 7.99. The van der Waals surface area contributed by atoms with E-state index in [1.54, 1.807) is 18.2 Å². The minimum Gasteiger partial charge on any atom is -0.545 e. The number of benzene rings is 2. The molecule has 19 heavy (non-hydrogen) atoms. The van der Waals surface area contributed by atoms with Crippen LogP contribution in [0.1, 0.15) is 15.9 Å². The number of carbonyl (C=O) groups excluding carboxylic acids is 1. The molecule has 0 amide bonds. The van der Waals surface area contributed by atoms with Crippen LogP contribution in [0, 0.1) is 0 Å². The topological polar surface area (TPSA) is 40.1 Å². The van der Waals surface area contributed by atoms with Gasteiger partial charge in [0.25, 0.3) is 0 Å². The summed E-state index contributed by atoms with van der Waals surface area (Å²) in [6.07, 6.45) is 4.04. The first kappa shape index (κ1) is 13.4. The molecule has 0 fully saturated rings. The second-order valence-corrected chi connectivity index (χ2v) is 4.97. The van der Waals surface area contributed by atoms with Gasteiger partial charge in [-0.05, 0) is 11.6 Å². The number of aromatic carboxylic acids is 1.